The Kier molecular flexibility index (Phi) is 4.01. The first-order valence-corrected chi connectivity index (χ1v) is 6.33. The van der Waals surface area contributed by atoms with Crippen molar-refractivity contribution < 1.29 is 4.79 Å². The molecule has 0 bridgehead atoms. The summed E-state index contributed by atoms with van der Waals surface area (Å²) in [6, 6.07) is 6.65. The van der Waals surface area contributed by atoms with E-state index in [0.717, 1.165) is 10.7 Å². The maximum atomic E-state index is 10.6. The van der Waals surface area contributed by atoms with Crippen molar-refractivity contribution >= 4 is 40.3 Å². The lowest BCUT2D eigenvalue weighted by molar-refractivity contribution is 0.259. The highest BCUT2D eigenvalue weighted by Crippen LogP contribution is 2.20. The fourth-order valence-electron chi connectivity index (χ4n) is 1.36. The van der Waals surface area contributed by atoms with Crippen LogP contribution in [0.4, 0.5) is 16.2 Å². The number of rotatable bonds is 4. The van der Waals surface area contributed by atoms with Gasteiger partial charge in [-0.2, -0.15) is 0 Å². The summed E-state index contributed by atoms with van der Waals surface area (Å²) in [4.78, 5) is 14.8. The van der Waals surface area contributed by atoms with Crippen LogP contribution in [0.1, 0.15) is 5.01 Å². The van der Waals surface area contributed by atoms with Gasteiger partial charge in [0.1, 0.15) is 9.34 Å². The minimum absolute atomic E-state index is 0.576. The summed E-state index contributed by atoms with van der Waals surface area (Å²) in [6.07, 6.45) is 1.63. The summed E-state index contributed by atoms with van der Waals surface area (Å²) in [7, 11) is 0. The molecule has 0 radical (unpaired) electrons. The number of amides is 2. The van der Waals surface area contributed by atoms with E-state index in [9.17, 15) is 4.79 Å². The van der Waals surface area contributed by atoms with E-state index in [2.05, 4.69) is 15.6 Å². The third kappa shape index (κ3) is 3.61. The molecule has 1 aromatic carbocycles. The van der Waals surface area contributed by atoms with E-state index in [1.807, 2.05) is 12.1 Å². The number of carbonyl (C=O) groups is 1. The maximum Gasteiger partial charge on any atom is 0.316 e. The Balaban J connectivity index is 1.92. The lowest BCUT2D eigenvalue weighted by atomic mass is 10.3. The molecule has 7 heteroatoms. The minimum atomic E-state index is -0.576. The van der Waals surface area contributed by atoms with E-state index in [1.54, 1.807) is 18.3 Å². The summed E-state index contributed by atoms with van der Waals surface area (Å²) in [5.74, 6) is 0. The third-order valence-electron chi connectivity index (χ3n) is 2.12. The molecule has 0 spiro atoms. The zero-order chi connectivity index (χ0) is 13.0. The fraction of sp³-hybridized carbons (Fsp3) is 0.0909. The molecule has 0 aliphatic rings. The molecule has 0 aliphatic heterocycles. The second-order valence-corrected chi connectivity index (χ2v) is 5.22. The van der Waals surface area contributed by atoms with Gasteiger partial charge in [-0.25, -0.2) is 9.78 Å². The predicted octanol–water partition coefficient (Wildman–Crippen LogP) is 2.90. The number of nitrogens with one attached hydrogen (secondary N) is 2. The lowest BCUT2D eigenvalue weighted by Gasteiger charge is -2.06. The van der Waals surface area contributed by atoms with Crippen molar-refractivity contribution in [1.29, 1.82) is 0 Å². The number of anilines is 2. The van der Waals surface area contributed by atoms with Crippen LogP contribution in [0, 0.1) is 0 Å². The summed E-state index contributed by atoms with van der Waals surface area (Å²) in [5.41, 5.74) is 6.60. The summed E-state index contributed by atoms with van der Waals surface area (Å²) >= 11 is 7.22. The van der Waals surface area contributed by atoms with Gasteiger partial charge < -0.3 is 16.4 Å². The predicted molar refractivity (Wildman–Crippen MR) is 74.1 cm³/mol. The Labute approximate surface area is 113 Å². The molecule has 94 valence electrons. The van der Waals surface area contributed by atoms with Crippen molar-refractivity contribution in [2.45, 2.75) is 6.54 Å². The molecule has 2 rings (SSSR count). The van der Waals surface area contributed by atoms with Gasteiger partial charge in [-0.05, 0) is 24.3 Å². The van der Waals surface area contributed by atoms with Gasteiger partial charge in [0.15, 0.2) is 0 Å². The smallest absolute Gasteiger partial charge is 0.316 e. The largest absolute Gasteiger partial charge is 0.379 e. The molecule has 1 aromatic heterocycles. The Bertz CT molecular complexity index is 540. The molecule has 0 saturated heterocycles. The fourth-order valence-corrected chi connectivity index (χ4v) is 2.26. The van der Waals surface area contributed by atoms with Crippen LogP contribution in [-0.4, -0.2) is 11.0 Å². The molecule has 5 nitrogen and oxygen atoms in total. The Morgan fingerprint density at radius 1 is 1.33 bits per heavy atom. The number of thiazole rings is 1. The van der Waals surface area contributed by atoms with Gasteiger partial charge in [0.2, 0.25) is 0 Å². The van der Waals surface area contributed by atoms with Crippen molar-refractivity contribution in [3.63, 3.8) is 0 Å². The molecule has 0 saturated carbocycles. The number of aromatic nitrogens is 1. The van der Waals surface area contributed by atoms with Crippen LogP contribution in [0.2, 0.25) is 4.34 Å². The van der Waals surface area contributed by atoms with E-state index in [-0.39, 0.29) is 0 Å². The Morgan fingerprint density at radius 2 is 2.00 bits per heavy atom. The number of nitrogens with zero attached hydrogens (tertiary/aromatic N) is 1. The van der Waals surface area contributed by atoms with Gasteiger partial charge in [0.25, 0.3) is 0 Å². The van der Waals surface area contributed by atoms with Crippen LogP contribution >= 0.6 is 22.9 Å². The molecule has 2 aromatic rings. The minimum Gasteiger partial charge on any atom is -0.379 e. The van der Waals surface area contributed by atoms with Crippen molar-refractivity contribution in [2.75, 3.05) is 10.6 Å². The van der Waals surface area contributed by atoms with Crippen molar-refractivity contribution in [2.24, 2.45) is 5.73 Å². The highest BCUT2D eigenvalue weighted by Gasteiger charge is 2.00. The van der Waals surface area contributed by atoms with Gasteiger partial charge in [-0.15, -0.1) is 11.3 Å². The second kappa shape index (κ2) is 5.70. The first kappa shape index (κ1) is 12.7. The van der Waals surface area contributed by atoms with E-state index >= 15 is 0 Å². The van der Waals surface area contributed by atoms with Crippen LogP contribution in [0.15, 0.2) is 30.5 Å². The summed E-state index contributed by atoms with van der Waals surface area (Å²) in [5, 5.41) is 6.61. The molecule has 18 heavy (non-hydrogen) atoms. The normalized spacial score (nSPS) is 10.1. The second-order valence-electron chi connectivity index (χ2n) is 3.48. The van der Waals surface area contributed by atoms with Gasteiger partial charge in [0, 0.05) is 11.4 Å². The van der Waals surface area contributed by atoms with E-state index in [1.165, 1.54) is 11.3 Å². The highest BCUT2D eigenvalue weighted by molar-refractivity contribution is 7.15. The van der Waals surface area contributed by atoms with Gasteiger partial charge in [0.05, 0.1) is 12.7 Å². The number of primary amides is 1. The first-order valence-electron chi connectivity index (χ1n) is 5.14. The van der Waals surface area contributed by atoms with Crippen LogP contribution in [-0.2, 0) is 6.54 Å². The van der Waals surface area contributed by atoms with E-state index in [4.69, 9.17) is 17.3 Å². The Hall–Kier alpha value is -1.79. The molecule has 2 amide bonds. The van der Waals surface area contributed by atoms with E-state index in [0.29, 0.717) is 16.6 Å². The molecule has 1 heterocycles. The van der Waals surface area contributed by atoms with Crippen molar-refractivity contribution in [3.05, 3.63) is 39.8 Å². The molecule has 0 atom stereocenters. The molecule has 4 N–H and O–H groups in total. The molecular weight excluding hydrogens is 272 g/mol. The topological polar surface area (TPSA) is 80.0 Å². The zero-order valence-electron chi connectivity index (χ0n) is 9.31. The zero-order valence-corrected chi connectivity index (χ0v) is 10.9. The number of hydrogen-bond donors (Lipinski definition) is 3. The number of urea groups is 1. The standard InChI is InChI=1S/C11H11ClN4OS/c12-9-5-15-10(18-9)6-14-7-1-3-8(4-2-7)16-11(13)17/h1-5,14H,6H2,(H3,13,16,17). The third-order valence-corrected chi connectivity index (χ3v) is 3.24. The quantitative estimate of drug-likeness (QED) is 0.806. The van der Waals surface area contributed by atoms with Gasteiger partial charge in [-0.1, -0.05) is 11.6 Å². The van der Waals surface area contributed by atoms with Crippen molar-refractivity contribution in [3.8, 4) is 0 Å². The molecule has 0 aliphatic carbocycles. The summed E-state index contributed by atoms with van der Waals surface area (Å²) in [6.45, 7) is 0.611. The average molecular weight is 283 g/mol. The van der Waals surface area contributed by atoms with Crippen molar-refractivity contribution in [1.82, 2.24) is 4.98 Å². The number of carbonyl (C=O) groups excluding carboxylic acids is 1. The van der Waals surface area contributed by atoms with Crippen LogP contribution in [0.25, 0.3) is 0 Å². The van der Waals surface area contributed by atoms with Crippen LogP contribution in [0.3, 0.4) is 0 Å². The highest BCUT2D eigenvalue weighted by atomic mass is 35.5. The van der Waals surface area contributed by atoms with Crippen LogP contribution in [0.5, 0.6) is 0 Å². The van der Waals surface area contributed by atoms with E-state index < -0.39 is 6.03 Å². The van der Waals surface area contributed by atoms with Crippen LogP contribution < -0.4 is 16.4 Å². The number of benzene rings is 1. The molecule has 0 unspecified atom stereocenters. The van der Waals surface area contributed by atoms with Gasteiger partial charge in [-0.3, -0.25) is 0 Å². The number of halogens is 1. The lowest BCUT2D eigenvalue weighted by Crippen LogP contribution is -2.19. The maximum absolute atomic E-state index is 10.6. The number of hydrogen-bond acceptors (Lipinski definition) is 4. The number of nitrogens with two attached hydrogens (primary N) is 1. The summed E-state index contributed by atoms with van der Waals surface area (Å²) < 4.78 is 0.674. The molecular formula is C11H11ClN4OS. The first-order chi connectivity index (χ1) is 8.63. The monoisotopic (exact) mass is 282 g/mol. The van der Waals surface area contributed by atoms with Gasteiger partial charge >= 0.3 is 6.03 Å². The average Bonchev–Trinajstić information content (AvgIpc) is 2.74. The SMILES string of the molecule is NC(=O)Nc1ccc(NCc2ncc(Cl)s2)cc1. The molecule has 0 fully saturated rings. The Morgan fingerprint density at radius 3 is 2.56 bits per heavy atom.